The minimum atomic E-state index is -0.00856. The fraction of sp³-hybridized carbons (Fsp3) is 0.143. The lowest BCUT2D eigenvalue weighted by Gasteiger charge is -2.05. The fourth-order valence-corrected chi connectivity index (χ4v) is 2.57. The lowest BCUT2D eigenvalue weighted by atomic mass is 10.3. The van der Waals surface area contributed by atoms with Gasteiger partial charge in [-0.25, -0.2) is 4.98 Å². The van der Waals surface area contributed by atoms with Gasteiger partial charge in [-0.3, -0.25) is 4.79 Å². The van der Waals surface area contributed by atoms with Crippen molar-refractivity contribution in [2.45, 2.75) is 11.4 Å². The van der Waals surface area contributed by atoms with E-state index in [0.717, 1.165) is 10.7 Å². The van der Waals surface area contributed by atoms with E-state index in [9.17, 15) is 4.79 Å². The van der Waals surface area contributed by atoms with E-state index < -0.39 is 0 Å². The number of amides is 1. The van der Waals surface area contributed by atoms with Crippen molar-refractivity contribution in [3.05, 3.63) is 53.7 Å². The molecule has 1 amide bonds. The molecule has 1 aromatic heterocycles. The summed E-state index contributed by atoms with van der Waals surface area (Å²) in [6, 6.07) is 13.0. The average molecular weight is 293 g/mol. The van der Waals surface area contributed by atoms with Gasteiger partial charge in [0.05, 0.1) is 5.02 Å². The standard InChI is InChI=1S/C14H13ClN2OS/c15-12-7-4-9-16-14(12)19-10-8-13(18)17-11-5-2-1-3-6-11/h1-7,9H,8,10H2,(H,17,18). The largest absolute Gasteiger partial charge is 0.326 e. The molecule has 0 aliphatic rings. The van der Waals surface area contributed by atoms with Gasteiger partial charge in [-0.05, 0) is 24.3 Å². The van der Waals surface area contributed by atoms with Gasteiger partial charge in [-0.15, -0.1) is 11.8 Å². The Bertz CT molecular complexity index is 548. The third-order valence-corrected chi connectivity index (χ3v) is 3.77. The molecule has 0 atom stereocenters. The molecular formula is C14H13ClN2OS. The number of pyridine rings is 1. The predicted molar refractivity (Wildman–Crippen MR) is 79.7 cm³/mol. The molecule has 0 aliphatic heterocycles. The molecule has 1 heterocycles. The second-order valence-corrected chi connectivity index (χ2v) is 5.29. The SMILES string of the molecule is O=C(CCSc1ncccc1Cl)Nc1ccccc1. The van der Waals surface area contributed by atoms with E-state index >= 15 is 0 Å². The van der Waals surface area contributed by atoms with Gasteiger partial charge in [-0.2, -0.15) is 0 Å². The van der Waals surface area contributed by atoms with E-state index in [2.05, 4.69) is 10.3 Å². The Morgan fingerprint density at radius 3 is 2.74 bits per heavy atom. The zero-order valence-electron chi connectivity index (χ0n) is 10.2. The second-order valence-electron chi connectivity index (χ2n) is 3.80. The average Bonchev–Trinajstić information content (AvgIpc) is 2.42. The van der Waals surface area contributed by atoms with Gasteiger partial charge < -0.3 is 5.32 Å². The van der Waals surface area contributed by atoms with Gasteiger partial charge in [0.25, 0.3) is 0 Å². The van der Waals surface area contributed by atoms with Gasteiger partial charge in [-0.1, -0.05) is 29.8 Å². The van der Waals surface area contributed by atoms with Crippen LogP contribution in [0.15, 0.2) is 53.7 Å². The quantitative estimate of drug-likeness (QED) is 0.851. The summed E-state index contributed by atoms with van der Waals surface area (Å²) in [5.41, 5.74) is 0.813. The normalized spacial score (nSPS) is 10.2. The van der Waals surface area contributed by atoms with Crippen molar-refractivity contribution < 1.29 is 4.79 Å². The van der Waals surface area contributed by atoms with E-state index in [1.54, 1.807) is 18.3 Å². The third kappa shape index (κ3) is 4.58. The first kappa shape index (κ1) is 13.9. The minimum absolute atomic E-state index is 0.00856. The zero-order chi connectivity index (χ0) is 13.5. The molecule has 0 bridgehead atoms. The van der Waals surface area contributed by atoms with Crippen LogP contribution in [0.4, 0.5) is 5.69 Å². The number of nitrogens with zero attached hydrogens (tertiary/aromatic N) is 1. The molecule has 5 heteroatoms. The Kier molecular flexibility index (Phi) is 5.24. The van der Waals surface area contributed by atoms with Gasteiger partial charge >= 0.3 is 0 Å². The summed E-state index contributed by atoms with van der Waals surface area (Å²) < 4.78 is 0. The van der Waals surface area contributed by atoms with E-state index in [1.807, 2.05) is 30.3 Å². The Morgan fingerprint density at radius 2 is 2.00 bits per heavy atom. The van der Waals surface area contributed by atoms with Crippen molar-refractivity contribution >= 4 is 35.0 Å². The summed E-state index contributed by atoms with van der Waals surface area (Å²) in [4.78, 5) is 15.9. The van der Waals surface area contributed by atoms with Crippen LogP contribution in [0.25, 0.3) is 0 Å². The third-order valence-electron chi connectivity index (χ3n) is 2.35. The summed E-state index contributed by atoms with van der Waals surface area (Å²) in [6.45, 7) is 0. The maximum atomic E-state index is 11.7. The molecule has 3 nitrogen and oxygen atoms in total. The zero-order valence-corrected chi connectivity index (χ0v) is 11.7. The molecule has 2 aromatic rings. The maximum absolute atomic E-state index is 11.7. The molecule has 1 aromatic carbocycles. The Hall–Kier alpha value is -1.52. The topological polar surface area (TPSA) is 42.0 Å². The maximum Gasteiger partial charge on any atom is 0.225 e. The number of halogens is 1. The molecule has 98 valence electrons. The van der Waals surface area contributed by atoms with Crippen LogP contribution in [0.3, 0.4) is 0 Å². The van der Waals surface area contributed by atoms with Gasteiger partial charge in [0.2, 0.25) is 5.91 Å². The first-order chi connectivity index (χ1) is 9.25. The molecule has 0 fully saturated rings. The highest BCUT2D eigenvalue weighted by Crippen LogP contribution is 2.24. The number of hydrogen-bond donors (Lipinski definition) is 1. The fourth-order valence-electron chi connectivity index (χ4n) is 1.46. The number of carbonyl (C=O) groups excluding carboxylic acids is 1. The molecule has 0 spiro atoms. The number of anilines is 1. The molecule has 0 aliphatic carbocycles. The first-order valence-corrected chi connectivity index (χ1v) is 7.20. The number of nitrogens with one attached hydrogen (secondary N) is 1. The van der Waals surface area contributed by atoms with Crippen molar-refractivity contribution in [2.75, 3.05) is 11.1 Å². The van der Waals surface area contributed by atoms with Crippen LogP contribution >= 0.6 is 23.4 Å². The van der Waals surface area contributed by atoms with Crippen LogP contribution in [0.2, 0.25) is 5.02 Å². The smallest absolute Gasteiger partial charge is 0.225 e. The lowest BCUT2D eigenvalue weighted by Crippen LogP contribution is -2.11. The highest BCUT2D eigenvalue weighted by Gasteiger charge is 2.05. The van der Waals surface area contributed by atoms with Crippen molar-refractivity contribution in [3.8, 4) is 0 Å². The molecule has 2 rings (SSSR count). The van der Waals surface area contributed by atoms with Gasteiger partial charge in [0, 0.05) is 24.1 Å². The summed E-state index contributed by atoms with van der Waals surface area (Å²) in [5.74, 6) is 0.640. The molecule has 0 radical (unpaired) electrons. The summed E-state index contributed by atoms with van der Waals surface area (Å²) in [5, 5.41) is 4.22. The highest BCUT2D eigenvalue weighted by molar-refractivity contribution is 7.99. The van der Waals surface area contributed by atoms with Crippen molar-refractivity contribution in [2.24, 2.45) is 0 Å². The van der Waals surface area contributed by atoms with Crippen LogP contribution < -0.4 is 5.32 Å². The Morgan fingerprint density at radius 1 is 1.21 bits per heavy atom. The van der Waals surface area contributed by atoms with Crippen molar-refractivity contribution in [1.82, 2.24) is 4.98 Å². The monoisotopic (exact) mass is 292 g/mol. The van der Waals surface area contributed by atoms with Crippen LogP contribution in [-0.4, -0.2) is 16.6 Å². The van der Waals surface area contributed by atoms with E-state index in [1.165, 1.54) is 11.8 Å². The molecule has 0 saturated carbocycles. The lowest BCUT2D eigenvalue weighted by molar-refractivity contribution is -0.115. The van der Waals surface area contributed by atoms with Crippen LogP contribution in [-0.2, 0) is 4.79 Å². The molecule has 0 unspecified atom stereocenters. The molecule has 0 saturated heterocycles. The van der Waals surface area contributed by atoms with E-state index in [-0.39, 0.29) is 5.91 Å². The molecule has 19 heavy (non-hydrogen) atoms. The predicted octanol–water partition coefficient (Wildman–Crippen LogP) is 3.86. The minimum Gasteiger partial charge on any atom is -0.326 e. The number of rotatable bonds is 5. The summed E-state index contributed by atoms with van der Waals surface area (Å²) >= 11 is 7.47. The Labute approximate surface area is 121 Å². The number of carbonyl (C=O) groups is 1. The van der Waals surface area contributed by atoms with Crippen LogP contribution in [0, 0.1) is 0 Å². The number of benzene rings is 1. The number of thioether (sulfide) groups is 1. The summed E-state index contributed by atoms with van der Waals surface area (Å²) in [6.07, 6.45) is 2.12. The van der Waals surface area contributed by atoms with Crippen molar-refractivity contribution in [1.29, 1.82) is 0 Å². The van der Waals surface area contributed by atoms with Gasteiger partial charge in [0.15, 0.2) is 0 Å². The number of aromatic nitrogens is 1. The molecule has 1 N–H and O–H groups in total. The molecular weight excluding hydrogens is 280 g/mol. The highest BCUT2D eigenvalue weighted by atomic mass is 35.5. The van der Waals surface area contributed by atoms with Crippen LogP contribution in [0.5, 0.6) is 0 Å². The van der Waals surface area contributed by atoms with Gasteiger partial charge in [0.1, 0.15) is 5.03 Å². The van der Waals surface area contributed by atoms with E-state index in [4.69, 9.17) is 11.6 Å². The summed E-state index contributed by atoms with van der Waals surface area (Å²) in [7, 11) is 0. The first-order valence-electron chi connectivity index (χ1n) is 5.84. The second kappa shape index (κ2) is 7.16. The number of hydrogen-bond acceptors (Lipinski definition) is 3. The van der Waals surface area contributed by atoms with Crippen molar-refractivity contribution in [3.63, 3.8) is 0 Å². The van der Waals surface area contributed by atoms with E-state index in [0.29, 0.717) is 17.2 Å². The number of para-hydroxylation sites is 1. The van der Waals surface area contributed by atoms with Crippen LogP contribution in [0.1, 0.15) is 6.42 Å². The Balaban J connectivity index is 1.77.